The Labute approximate surface area is 179 Å². The van der Waals surface area contributed by atoms with Crippen LogP contribution in [0, 0.1) is 11.3 Å². The lowest BCUT2D eigenvalue weighted by atomic mass is 9.74. The van der Waals surface area contributed by atoms with Crippen LogP contribution < -0.4 is 10.6 Å². The molecule has 6 nitrogen and oxygen atoms in total. The van der Waals surface area contributed by atoms with Crippen molar-refractivity contribution in [2.75, 3.05) is 18.5 Å². The minimum Gasteiger partial charge on any atom is -0.381 e. The van der Waals surface area contributed by atoms with E-state index < -0.39 is 17.2 Å². The van der Waals surface area contributed by atoms with E-state index in [0.717, 1.165) is 45.0 Å². The number of hydrogen-bond donors (Lipinski definition) is 3. The topological polar surface area (TPSA) is 79.0 Å². The number of benzene rings is 1. The number of alkyl halides is 3. The van der Waals surface area contributed by atoms with Crippen LogP contribution in [0.25, 0.3) is 10.9 Å². The number of halogens is 3. The lowest BCUT2D eigenvalue weighted by molar-refractivity contribution is -0.136. The molecule has 4 rings (SSSR count). The smallest absolute Gasteiger partial charge is 0.381 e. The molecule has 1 aromatic carbocycles. The second-order valence-electron chi connectivity index (χ2n) is 9.06. The molecule has 1 aliphatic heterocycles. The molecule has 31 heavy (non-hydrogen) atoms. The van der Waals surface area contributed by atoms with E-state index in [-0.39, 0.29) is 34.6 Å². The summed E-state index contributed by atoms with van der Waals surface area (Å²) >= 11 is 0. The summed E-state index contributed by atoms with van der Waals surface area (Å²) in [4.78, 5) is 13.4. The molecule has 170 valence electrons. The first-order chi connectivity index (χ1) is 14.7. The van der Waals surface area contributed by atoms with Gasteiger partial charge in [-0.05, 0) is 50.2 Å². The zero-order valence-corrected chi connectivity index (χ0v) is 17.8. The van der Waals surface area contributed by atoms with Gasteiger partial charge in [0.1, 0.15) is 0 Å². The molecule has 2 aromatic rings. The van der Waals surface area contributed by atoms with Gasteiger partial charge in [-0.2, -0.15) is 18.3 Å². The van der Waals surface area contributed by atoms with Crippen LogP contribution >= 0.6 is 0 Å². The normalized spacial score (nSPS) is 25.4. The van der Waals surface area contributed by atoms with Crippen LogP contribution in [0.1, 0.15) is 51.5 Å². The van der Waals surface area contributed by atoms with Gasteiger partial charge in [-0.1, -0.05) is 19.9 Å². The van der Waals surface area contributed by atoms with Crippen LogP contribution in [0.2, 0.25) is 0 Å². The van der Waals surface area contributed by atoms with Crippen LogP contribution in [-0.4, -0.2) is 41.4 Å². The monoisotopic (exact) mass is 438 g/mol. The number of amides is 1. The Kier molecular flexibility index (Phi) is 6.00. The summed E-state index contributed by atoms with van der Waals surface area (Å²) in [6, 6.07) is 4.52. The van der Waals surface area contributed by atoms with Crippen molar-refractivity contribution < 1.29 is 22.7 Å². The fraction of sp³-hybridized carbons (Fsp3) is 0.636. The second-order valence-corrected chi connectivity index (χ2v) is 9.06. The van der Waals surface area contributed by atoms with E-state index in [4.69, 9.17) is 4.74 Å². The molecule has 0 unspecified atom stereocenters. The molecule has 2 aliphatic rings. The fourth-order valence-electron chi connectivity index (χ4n) is 5.01. The molecule has 1 aromatic heterocycles. The lowest BCUT2D eigenvalue weighted by Crippen LogP contribution is -2.43. The van der Waals surface area contributed by atoms with Crippen molar-refractivity contribution in [2.45, 2.75) is 64.2 Å². The molecule has 0 radical (unpaired) electrons. The maximum Gasteiger partial charge on any atom is 0.418 e. The van der Waals surface area contributed by atoms with Crippen molar-refractivity contribution in [1.29, 1.82) is 0 Å². The predicted octanol–water partition coefficient (Wildman–Crippen LogP) is 4.48. The SMILES string of the molecule is CC(C)[C@]1(C(=O)Nc2n[nH]c3c(C(F)(F)F)cccc23)CC[C@@H](NC2CCOCC2)C1. The third kappa shape index (κ3) is 4.30. The van der Waals surface area contributed by atoms with Gasteiger partial charge in [-0.25, -0.2) is 0 Å². The minimum atomic E-state index is -4.50. The van der Waals surface area contributed by atoms with Crippen LogP contribution in [-0.2, 0) is 15.7 Å². The van der Waals surface area contributed by atoms with Gasteiger partial charge in [-0.3, -0.25) is 9.89 Å². The zero-order valence-electron chi connectivity index (χ0n) is 17.8. The predicted molar refractivity (Wildman–Crippen MR) is 112 cm³/mol. The van der Waals surface area contributed by atoms with Crippen molar-refractivity contribution in [1.82, 2.24) is 15.5 Å². The quantitative estimate of drug-likeness (QED) is 0.643. The molecule has 2 fully saturated rings. The Balaban J connectivity index is 1.52. The summed E-state index contributed by atoms with van der Waals surface area (Å²) in [6.45, 7) is 5.57. The molecule has 1 saturated heterocycles. The standard InChI is InChI=1S/C22H29F3N4O2/c1-13(2)21(9-6-15(12-21)26-14-7-10-31-11-8-14)20(30)27-19-16-4-3-5-17(22(23,24)25)18(16)28-29-19/h3-5,13-15,26H,6-12H2,1-2H3,(H2,27,28,29,30)/t15-,21+/m1/s1. The molecule has 2 heterocycles. The Morgan fingerprint density at radius 1 is 1.23 bits per heavy atom. The lowest BCUT2D eigenvalue weighted by Gasteiger charge is -2.33. The van der Waals surface area contributed by atoms with Crippen LogP contribution in [0.5, 0.6) is 0 Å². The number of nitrogens with zero attached hydrogens (tertiary/aromatic N) is 1. The van der Waals surface area contributed by atoms with E-state index in [0.29, 0.717) is 12.5 Å². The minimum absolute atomic E-state index is 0.0879. The van der Waals surface area contributed by atoms with Gasteiger partial charge in [0.05, 0.1) is 16.5 Å². The maximum atomic E-state index is 13.4. The third-order valence-corrected chi connectivity index (χ3v) is 6.94. The highest BCUT2D eigenvalue weighted by Gasteiger charge is 2.48. The molecule has 3 N–H and O–H groups in total. The largest absolute Gasteiger partial charge is 0.418 e. The van der Waals surface area contributed by atoms with Crippen molar-refractivity contribution in [3.05, 3.63) is 23.8 Å². The number of H-pyrrole nitrogens is 1. The van der Waals surface area contributed by atoms with Gasteiger partial charge < -0.3 is 15.4 Å². The van der Waals surface area contributed by atoms with E-state index in [9.17, 15) is 18.0 Å². The summed E-state index contributed by atoms with van der Waals surface area (Å²) in [5, 5.41) is 13.2. The number of aromatic nitrogens is 2. The van der Waals surface area contributed by atoms with Crippen LogP contribution in [0.15, 0.2) is 18.2 Å². The number of hydrogen-bond acceptors (Lipinski definition) is 4. The highest BCUT2D eigenvalue weighted by Crippen LogP contribution is 2.46. The molecule has 9 heteroatoms. The molecule has 0 bridgehead atoms. The number of nitrogens with one attached hydrogen (secondary N) is 3. The number of aromatic amines is 1. The maximum absolute atomic E-state index is 13.4. The summed E-state index contributed by atoms with van der Waals surface area (Å²) in [5.41, 5.74) is -1.50. The highest BCUT2D eigenvalue weighted by molar-refractivity contribution is 6.02. The van der Waals surface area contributed by atoms with E-state index in [2.05, 4.69) is 20.8 Å². The first-order valence-corrected chi connectivity index (χ1v) is 10.9. The Morgan fingerprint density at radius 2 is 1.97 bits per heavy atom. The Morgan fingerprint density at radius 3 is 2.65 bits per heavy atom. The van der Waals surface area contributed by atoms with E-state index in [1.807, 2.05) is 13.8 Å². The van der Waals surface area contributed by atoms with Gasteiger partial charge in [0, 0.05) is 30.7 Å². The number of anilines is 1. The summed E-state index contributed by atoms with van der Waals surface area (Å²) in [6.07, 6.45) is -0.239. The average Bonchev–Trinajstić information content (AvgIpc) is 3.33. The number of carbonyl (C=O) groups excluding carboxylic acids is 1. The molecule has 1 saturated carbocycles. The summed E-state index contributed by atoms with van der Waals surface area (Å²) < 4.78 is 45.3. The number of fused-ring (bicyclic) bond motifs is 1. The van der Waals surface area contributed by atoms with Gasteiger partial charge >= 0.3 is 6.18 Å². The average molecular weight is 438 g/mol. The number of rotatable bonds is 5. The van der Waals surface area contributed by atoms with Gasteiger partial charge in [0.25, 0.3) is 0 Å². The molecule has 2 atom stereocenters. The first kappa shape index (κ1) is 22.1. The molecule has 0 spiro atoms. The Bertz CT molecular complexity index is 936. The first-order valence-electron chi connectivity index (χ1n) is 10.9. The second kappa shape index (κ2) is 8.43. The highest BCUT2D eigenvalue weighted by atomic mass is 19.4. The van der Waals surface area contributed by atoms with Gasteiger partial charge in [0.2, 0.25) is 5.91 Å². The van der Waals surface area contributed by atoms with Gasteiger partial charge in [0.15, 0.2) is 5.82 Å². The van der Waals surface area contributed by atoms with E-state index in [1.165, 1.54) is 12.1 Å². The Hall–Kier alpha value is -2.13. The van der Waals surface area contributed by atoms with Crippen molar-refractivity contribution in [3.63, 3.8) is 0 Å². The van der Waals surface area contributed by atoms with E-state index in [1.54, 1.807) is 0 Å². The van der Waals surface area contributed by atoms with E-state index >= 15 is 0 Å². The van der Waals surface area contributed by atoms with Crippen LogP contribution in [0.4, 0.5) is 19.0 Å². The summed E-state index contributed by atoms with van der Waals surface area (Å²) in [7, 11) is 0. The zero-order chi connectivity index (χ0) is 22.2. The van der Waals surface area contributed by atoms with Gasteiger partial charge in [-0.15, -0.1) is 0 Å². The van der Waals surface area contributed by atoms with Crippen LogP contribution in [0.3, 0.4) is 0 Å². The fourth-order valence-corrected chi connectivity index (χ4v) is 5.01. The number of carbonyl (C=O) groups is 1. The van der Waals surface area contributed by atoms with Crippen molar-refractivity contribution >= 4 is 22.6 Å². The third-order valence-electron chi connectivity index (χ3n) is 6.94. The summed E-state index contributed by atoms with van der Waals surface area (Å²) in [5.74, 6) is 0.0569. The molecule has 1 aliphatic carbocycles. The molecular formula is C22H29F3N4O2. The molecule has 1 amide bonds. The van der Waals surface area contributed by atoms with Crippen molar-refractivity contribution in [3.8, 4) is 0 Å². The number of para-hydroxylation sites is 1. The van der Waals surface area contributed by atoms with Crippen molar-refractivity contribution in [2.24, 2.45) is 11.3 Å². The molecular weight excluding hydrogens is 409 g/mol. The number of ether oxygens (including phenoxy) is 1.